The van der Waals surface area contributed by atoms with Crippen LogP contribution < -0.4 is 0 Å². The Morgan fingerprint density at radius 3 is 2.45 bits per heavy atom. The van der Waals surface area contributed by atoms with Crippen molar-refractivity contribution in [2.75, 3.05) is 0 Å². The largest absolute Gasteiger partial charge is 0.393 e. The molecule has 9 atom stereocenters. The van der Waals surface area contributed by atoms with Gasteiger partial charge in [-0.3, -0.25) is 0 Å². The Hall–Kier alpha value is -0.560. The van der Waals surface area contributed by atoms with Crippen LogP contribution in [0.25, 0.3) is 0 Å². The van der Waals surface area contributed by atoms with Crippen molar-refractivity contribution in [3.05, 3.63) is 23.8 Å². The molecule has 0 spiro atoms. The van der Waals surface area contributed by atoms with Gasteiger partial charge in [0.05, 0.1) is 6.10 Å². The molecule has 0 heterocycles. The Balaban J connectivity index is 1.53. The molecule has 29 heavy (non-hydrogen) atoms. The summed E-state index contributed by atoms with van der Waals surface area (Å²) in [5.74, 6) is 5.63. The molecule has 0 radical (unpaired) electrons. The lowest BCUT2D eigenvalue weighted by molar-refractivity contribution is -0.0540. The molecule has 3 saturated carbocycles. The van der Waals surface area contributed by atoms with Crippen molar-refractivity contribution < 1.29 is 5.11 Å². The second-order valence-electron chi connectivity index (χ2n) is 12.2. The molecule has 0 aliphatic heterocycles. The van der Waals surface area contributed by atoms with Gasteiger partial charge < -0.3 is 5.11 Å². The number of hydrogen-bond acceptors (Lipinski definition) is 1. The highest BCUT2D eigenvalue weighted by Gasteiger charge is 2.58. The zero-order valence-corrected chi connectivity index (χ0v) is 20.0. The van der Waals surface area contributed by atoms with Crippen molar-refractivity contribution in [2.45, 2.75) is 99.0 Å². The number of aliphatic hydroxyl groups excluding tert-OH is 1. The third kappa shape index (κ3) is 3.58. The highest BCUT2D eigenvalue weighted by molar-refractivity contribution is 5.25. The molecule has 3 fully saturated rings. The Bertz CT molecular complexity index is 659. The third-order valence-corrected chi connectivity index (χ3v) is 10.6. The number of hydrogen-bond donors (Lipinski definition) is 1. The van der Waals surface area contributed by atoms with Gasteiger partial charge >= 0.3 is 0 Å². The van der Waals surface area contributed by atoms with Crippen molar-refractivity contribution in [2.24, 2.45) is 52.3 Å². The van der Waals surface area contributed by atoms with Crippen LogP contribution >= 0.6 is 0 Å². The first-order valence-electron chi connectivity index (χ1n) is 12.7. The monoisotopic (exact) mass is 398 g/mol. The van der Waals surface area contributed by atoms with Crippen molar-refractivity contribution in [1.82, 2.24) is 0 Å². The molecule has 1 heteroatoms. The van der Waals surface area contributed by atoms with E-state index < -0.39 is 0 Å². The fourth-order valence-electron chi connectivity index (χ4n) is 8.25. The van der Waals surface area contributed by atoms with Crippen LogP contribution in [0.5, 0.6) is 0 Å². The van der Waals surface area contributed by atoms with Crippen LogP contribution in [-0.4, -0.2) is 11.2 Å². The quantitative estimate of drug-likeness (QED) is 0.489. The van der Waals surface area contributed by atoms with E-state index in [1.807, 2.05) is 0 Å². The summed E-state index contributed by atoms with van der Waals surface area (Å²) in [6, 6.07) is 0. The predicted molar refractivity (Wildman–Crippen MR) is 124 cm³/mol. The van der Waals surface area contributed by atoms with E-state index >= 15 is 0 Å². The molecule has 4 aliphatic carbocycles. The topological polar surface area (TPSA) is 20.2 Å². The second-order valence-corrected chi connectivity index (χ2v) is 12.2. The zero-order chi connectivity index (χ0) is 21.0. The standard InChI is InChI=1S/C28H46O/c1-18(2)19(3)7-8-20(4)24-11-12-25-23-10-9-21-17-22(29)13-15-27(21,5)26(23)14-16-28(24,25)6/h7-9,18-20,22-26,29H,10-17H2,1-6H3/b8-7+/t19-,20-,22-,23+,24+,25+,26-,27-,28+/m0/s1. The van der Waals surface area contributed by atoms with Gasteiger partial charge in [0.25, 0.3) is 0 Å². The molecule has 0 aromatic heterocycles. The first kappa shape index (κ1) is 21.7. The van der Waals surface area contributed by atoms with E-state index in [-0.39, 0.29) is 6.10 Å². The van der Waals surface area contributed by atoms with E-state index in [1.165, 1.54) is 38.5 Å². The van der Waals surface area contributed by atoms with Crippen LogP contribution in [0.4, 0.5) is 0 Å². The average molecular weight is 399 g/mol. The van der Waals surface area contributed by atoms with Gasteiger partial charge in [-0.2, -0.15) is 0 Å². The molecule has 0 saturated heterocycles. The summed E-state index contributed by atoms with van der Waals surface area (Å²) in [6.45, 7) is 14.7. The summed E-state index contributed by atoms with van der Waals surface area (Å²) in [7, 11) is 0. The number of aliphatic hydroxyl groups is 1. The molecule has 1 N–H and O–H groups in total. The molecular formula is C28H46O. The Labute approximate surface area is 180 Å². The van der Waals surface area contributed by atoms with Gasteiger partial charge in [0, 0.05) is 0 Å². The lowest BCUT2D eigenvalue weighted by Gasteiger charge is -2.58. The average Bonchev–Trinajstić information content (AvgIpc) is 3.03. The van der Waals surface area contributed by atoms with E-state index in [2.05, 4.69) is 59.8 Å². The SMILES string of the molecule is CC(C)[C@@H](C)/C=C/[C@H](C)[C@H]1CC[C@@H]2[C@H]3CC=C4C[C@@H](O)CC[C@]4(C)[C@H]3CC[C@@]21C. The fourth-order valence-corrected chi connectivity index (χ4v) is 8.25. The van der Waals surface area contributed by atoms with Gasteiger partial charge in [-0.05, 0) is 104 Å². The third-order valence-electron chi connectivity index (χ3n) is 10.6. The molecule has 0 aromatic rings. The van der Waals surface area contributed by atoms with Crippen molar-refractivity contribution in [1.29, 1.82) is 0 Å². The summed E-state index contributed by atoms with van der Waals surface area (Å²) in [5.41, 5.74) is 2.51. The van der Waals surface area contributed by atoms with Gasteiger partial charge in [0.1, 0.15) is 0 Å². The maximum Gasteiger partial charge on any atom is 0.0577 e. The zero-order valence-electron chi connectivity index (χ0n) is 20.0. The van der Waals surface area contributed by atoms with Crippen molar-refractivity contribution >= 4 is 0 Å². The van der Waals surface area contributed by atoms with E-state index in [9.17, 15) is 5.11 Å². The molecule has 0 aromatic carbocycles. The highest BCUT2D eigenvalue weighted by atomic mass is 16.3. The van der Waals surface area contributed by atoms with Crippen molar-refractivity contribution in [3.8, 4) is 0 Å². The lowest BCUT2D eigenvalue weighted by atomic mass is 9.47. The van der Waals surface area contributed by atoms with Gasteiger partial charge in [0.15, 0.2) is 0 Å². The van der Waals surface area contributed by atoms with Crippen LogP contribution in [0.15, 0.2) is 23.8 Å². The van der Waals surface area contributed by atoms with Crippen LogP contribution in [0.2, 0.25) is 0 Å². The second kappa shape index (κ2) is 7.85. The summed E-state index contributed by atoms with van der Waals surface area (Å²) in [5, 5.41) is 10.2. The molecule has 4 rings (SSSR count). The van der Waals surface area contributed by atoms with Crippen LogP contribution in [0, 0.1) is 52.3 Å². The van der Waals surface area contributed by atoms with Gasteiger partial charge in [0.2, 0.25) is 0 Å². The first-order chi connectivity index (χ1) is 13.7. The summed E-state index contributed by atoms with van der Waals surface area (Å²) in [6.07, 6.45) is 17.7. The normalized spacial score (nSPS) is 46.8. The lowest BCUT2D eigenvalue weighted by Crippen LogP contribution is -2.50. The van der Waals surface area contributed by atoms with E-state index in [0.717, 1.165) is 42.4 Å². The minimum atomic E-state index is -0.0866. The molecule has 4 aliphatic rings. The molecule has 0 bridgehead atoms. The Kier molecular flexibility index (Phi) is 5.86. The molecule has 1 nitrogen and oxygen atoms in total. The maximum absolute atomic E-state index is 10.2. The summed E-state index contributed by atoms with van der Waals surface area (Å²) < 4.78 is 0. The van der Waals surface area contributed by atoms with Gasteiger partial charge in [-0.15, -0.1) is 0 Å². The molecule has 0 unspecified atom stereocenters. The predicted octanol–water partition coefficient (Wildman–Crippen LogP) is 7.41. The number of rotatable bonds is 4. The van der Waals surface area contributed by atoms with Crippen LogP contribution in [0.3, 0.4) is 0 Å². The Morgan fingerprint density at radius 1 is 0.966 bits per heavy atom. The molecule has 164 valence electrons. The van der Waals surface area contributed by atoms with Gasteiger partial charge in [-0.1, -0.05) is 65.3 Å². The van der Waals surface area contributed by atoms with Crippen LogP contribution in [-0.2, 0) is 0 Å². The summed E-state index contributed by atoms with van der Waals surface area (Å²) >= 11 is 0. The van der Waals surface area contributed by atoms with Crippen LogP contribution in [0.1, 0.15) is 92.9 Å². The van der Waals surface area contributed by atoms with E-state index in [1.54, 1.807) is 5.57 Å². The highest BCUT2D eigenvalue weighted by Crippen LogP contribution is 2.67. The minimum Gasteiger partial charge on any atom is -0.393 e. The minimum absolute atomic E-state index is 0.0866. The van der Waals surface area contributed by atoms with E-state index in [0.29, 0.717) is 22.7 Å². The first-order valence-corrected chi connectivity index (χ1v) is 12.7. The van der Waals surface area contributed by atoms with Crippen molar-refractivity contribution in [3.63, 3.8) is 0 Å². The molecule has 0 amide bonds. The smallest absolute Gasteiger partial charge is 0.0577 e. The Morgan fingerprint density at radius 2 is 1.72 bits per heavy atom. The molecular weight excluding hydrogens is 352 g/mol. The maximum atomic E-state index is 10.2. The van der Waals surface area contributed by atoms with Gasteiger partial charge in [-0.25, -0.2) is 0 Å². The van der Waals surface area contributed by atoms with E-state index in [4.69, 9.17) is 0 Å². The number of fused-ring (bicyclic) bond motifs is 5. The fraction of sp³-hybridized carbons (Fsp3) is 0.857. The number of allylic oxidation sites excluding steroid dienone is 3. The summed E-state index contributed by atoms with van der Waals surface area (Å²) in [4.78, 5) is 0.